The van der Waals surface area contributed by atoms with Crippen LogP contribution in [0.1, 0.15) is 6.92 Å². The van der Waals surface area contributed by atoms with E-state index in [0.717, 1.165) is 5.75 Å². The SMILES string of the molecule is CCSC(C=C(N(C)C)N(C)C)=[N+](C)C. The fourth-order valence-electron chi connectivity index (χ4n) is 1.22. The lowest BCUT2D eigenvalue weighted by Gasteiger charge is -2.24. The van der Waals surface area contributed by atoms with Crippen LogP contribution in [-0.2, 0) is 0 Å². The Labute approximate surface area is 98.4 Å². The number of nitrogens with zero attached hydrogens (tertiary/aromatic N) is 3. The summed E-state index contributed by atoms with van der Waals surface area (Å²) in [6.07, 6.45) is 2.22. The van der Waals surface area contributed by atoms with Gasteiger partial charge in [-0.1, -0.05) is 18.7 Å². The van der Waals surface area contributed by atoms with Crippen LogP contribution in [-0.4, -0.2) is 67.5 Å². The van der Waals surface area contributed by atoms with Crippen LogP contribution >= 0.6 is 11.8 Å². The normalized spacial score (nSPS) is 9.53. The van der Waals surface area contributed by atoms with Gasteiger partial charge >= 0.3 is 0 Å². The Kier molecular flexibility index (Phi) is 6.48. The van der Waals surface area contributed by atoms with Crippen molar-refractivity contribution in [1.82, 2.24) is 9.80 Å². The van der Waals surface area contributed by atoms with Crippen molar-refractivity contribution in [2.75, 3.05) is 48.0 Å². The summed E-state index contributed by atoms with van der Waals surface area (Å²) in [5.41, 5.74) is 0. The van der Waals surface area contributed by atoms with Crippen molar-refractivity contribution < 1.29 is 4.58 Å². The average Bonchev–Trinajstić information content (AvgIpc) is 2.10. The lowest BCUT2D eigenvalue weighted by atomic mass is 10.5. The van der Waals surface area contributed by atoms with Gasteiger partial charge in [0, 0.05) is 33.9 Å². The Morgan fingerprint density at radius 1 is 1.13 bits per heavy atom. The quantitative estimate of drug-likeness (QED) is 0.410. The van der Waals surface area contributed by atoms with Gasteiger partial charge < -0.3 is 9.80 Å². The first-order valence-electron chi connectivity index (χ1n) is 5.13. The molecule has 15 heavy (non-hydrogen) atoms. The Morgan fingerprint density at radius 3 is 1.87 bits per heavy atom. The number of hydrogen-bond donors (Lipinski definition) is 0. The molecule has 0 aliphatic heterocycles. The third-order valence-electron chi connectivity index (χ3n) is 1.90. The largest absolute Gasteiger partial charge is 0.364 e. The molecule has 0 saturated carbocycles. The third-order valence-corrected chi connectivity index (χ3v) is 2.97. The second-order valence-corrected chi connectivity index (χ2v) is 5.24. The highest BCUT2D eigenvalue weighted by atomic mass is 32.2. The zero-order chi connectivity index (χ0) is 12.0. The molecule has 0 N–H and O–H groups in total. The average molecular weight is 230 g/mol. The van der Waals surface area contributed by atoms with E-state index in [4.69, 9.17) is 0 Å². The zero-order valence-corrected chi connectivity index (χ0v) is 11.9. The van der Waals surface area contributed by atoms with E-state index < -0.39 is 0 Å². The molecule has 0 aromatic carbocycles. The maximum atomic E-state index is 2.22. The zero-order valence-electron chi connectivity index (χ0n) is 11.0. The van der Waals surface area contributed by atoms with E-state index in [-0.39, 0.29) is 0 Å². The van der Waals surface area contributed by atoms with Crippen LogP contribution in [0.2, 0.25) is 0 Å². The Balaban J connectivity index is 5.01. The Bertz CT molecular complexity index is 241. The van der Waals surface area contributed by atoms with E-state index in [2.05, 4.69) is 69.7 Å². The van der Waals surface area contributed by atoms with Crippen molar-refractivity contribution >= 4 is 16.8 Å². The topological polar surface area (TPSA) is 9.49 Å². The van der Waals surface area contributed by atoms with Crippen molar-refractivity contribution in [2.24, 2.45) is 0 Å². The molecule has 0 aliphatic rings. The number of hydrogen-bond acceptors (Lipinski definition) is 3. The molecule has 0 amide bonds. The standard InChI is InChI=1S/C11H24N3S/c1-8-15-11(14(6)7)9-10(12(2)3)13(4)5/h9H,8H2,1-7H3/q+1. The number of rotatable bonds is 4. The lowest BCUT2D eigenvalue weighted by Crippen LogP contribution is -2.26. The molecule has 0 aromatic heterocycles. The summed E-state index contributed by atoms with van der Waals surface area (Å²) in [4.78, 5) is 4.25. The van der Waals surface area contributed by atoms with E-state index >= 15 is 0 Å². The van der Waals surface area contributed by atoms with Crippen molar-refractivity contribution in [2.45, 2.75) is 6.92 Å². The molecule has 0 atom stereocenters. The van der Waals surface area contributed by atoms with Gasteiger partial charge in [-0.3, -0.25) is 0 Å². The maximum absolute atomic E-state index is 2.22. The monoisotopic (exact) mass is 230 g/mol. The van der Waals surface area contributed by atoms with E-state index in [1.165, 1.54) is 10.9 Å². The smallest absolute Gasteiger partial charge is 0.237 e. The predicted octanol–water partition coefficient (Wildman–Crippen LogP) is 1.37. The van der Waals surface area contributed by atoms with Crippen LogP contribution in [0.15, 0.2) is 11.9 Å². The molecule has 0 unspecified atom stereocenters. The van der Waals surface area contributed by atoms with Crippen LogP contribution < -0.4 is 0 Å². The van der Waals surface area contributed by atoms with Crippen LogP contribution in [0.4, 0.5) is 0 Å². The summed E-state index contributed by atoms with van der Waals surface area (Å²) in [5, 5.41) is 1.29. The lowest BCUT2D eigenvalue weighted by molar-refractivity contribution is -0.460. The fourth-order valence-corrected chi connectivity index (χ4v) is 1.96. The maximum Gasteiger partial charge on any atom is 0.237 e. The molecular weight excluding hydrogens is 206 g/mol. The molecule has 0 aromatic rings. The highest BCUT2D eigenvalue weighted by Gasteiger charge is 2.10. The van der Waals surface area contributed by atoms with Crippen LogP contribution in [0, 0.1) is 0 Å². The van der Waals surface area contributed by atoms with E-state index in [1.54, 1.807) is 0 Å². The summed E-state index contributed by atoms with van der Waals surface area (Å²) in [6, 6.07) is 0. The first kappa shape index (κ1) is 14.4. The third kappa shape index (κ3) is 5.11. The van der Waals surface area contributed by atoms with Gasteiger partial charge in [-0.25, -0.2) is 4.58 Å². The minimum Gasteiger partial charge on any atom is -0.364 e. The van der Waals surface area contributed by atoms with Gasteiger partial charge in [-0.05, 0) is 0 Å². The van der Waals surface area contributed by atoms with Gasteiger partial charge in [-0.2, -0.15) is 0 Å². The minimum absolute atomic E-state index is 1.10. The summed E-state index contributed by atoms with van der Waals surface area (Å²) in [6.45, 7) is 2.17. The summed E-state index contributed by atoms with van der Waals surface area (Å²) < 4.78 is 2.15. The van der Waals surface area contributed by atoms with Gasteiger partial charge in [0.2, 0.25) is 5.04 Å². The van der Waals surface area contributed by atoms with Gasteiger partial charge in [0.25, 0.3) is 0 Å². The van der Waals surface area contributed by atoms with Gasteiger partial charge in [0.15, 0.2) is 0 Å². The number of thioether (sulfide) groups is 1. The predicted molar refractivity (Wildman–Crippen MR) is 70.7 cm³/mol. The Morgan fingerprint density at radius 2 is 1.60 bits per heavy atom. The first-order valence-corrected chi connectivity index (χ1v) is 6.12. The first-order chi connectivity index (χ1) is 6.90. The molecule has 88 valence electrons. The molecule has 4 heteroatoms. The van der Waals surface area contributed by atoms with E-state index in [0.29, 0.717) is 0 Å². The summed E-state index contributed by atoms with van der Waals surface area (Å²) >= 11 is 1.86. The highest BCUT2D eigenvalue weighted by molar-refractivity contribution is 8.14. The molecule has 0 bridgehead atoms. The van der Waals surface area contributed by atoms with Crippen molar-refractivity contribution in [3.63, 3.8) is 0 Å². The van der Waals surface area contributed by atoms with E-state index in [9.17, 15) is 0 Å². The highest BCUT2D eigenvalue weighted by Crippen LogP contribution is 2.09. The molecule has 0 fully saturated rings. The molecule has 0 rings (SSSR count). The minimum atomic E-state index is 1.10. The van der Waals surface area contributed by atoms with Crippen molar-refractivity contribution in [1.29, 1.82) is 0 Å². The molecular formula is C11H24N3S+. The van der Waals surface area contributed by atoms with Crippen LogP contribution in [0.5, 0.6) is 0 Å². The summed E-state index contributed by atoms with van der Waals surface area (Å²) in [5.74, 6) is 2.30. The molecule has 0 heterocycles. The van der Waals surface area contributed by atoms with Crippen LogP contribution in [0.3, 0.4) is 0 Å². The molecule has 0 spiro atoms. The van der Waals surface area contributed by atoms with Crippen molar-refractivity contribution in [3.05, 3.63) is 11.9 Å². The van der Waals surface area contributed by atoms with E-state index in [1.807, 2.05) is 11.8 Å². The second-order valence-electron chi connectivity index (χ2n) is 3.96. The molecule has 3 nitrogen and oxygen atoms in total. The van der Waals surface area contributed by atoms with Gasteiger partial charge in [0.05, 0.1) is 6.08 Å². The molecule has 0 saturated heterocycles. The second kappa shape index (κ2) is 6.77. The van der Waals surface area contributed by atoms with Crippen molar-refractivity contribution in [3.8, 4) is 0 Å². The van der Waals surface area contributed by atoms with Gasteiger partial charge in [-0.15, -0.1) is 0 Å². The Hall–Kier alpha value is -0.640. The summed E-state index contributed by atoms with van der Waals surface area (Å²) in [7, 11) is 12.4. The molecule has 0 aliphatic carbocycles. The van der Waals surface area contributed by atoms with Gasteiger partial charge in [0.1, 0.15) is 19.9 Å². The van der Waals surface area contributed by atoms with Crippen LogP contribution in [0.25, 0.3) is 0 Å². The fraction of sp³-hybridized carbons (Fsp3) is 0.727. The molecule has 0 radical (unpaired) electrons.